The van der Waals surface area contributed by atoms with Crippen LogP contribution in [-0.2, 0) is 4.79 Å². The molecule has 0 spiro atoms. The molecule has 1 aromatic heterocycles. The van der Waals surface area contributed by atoms with Crippen molar-refractivity contribution in [3.8, 4) is 0 Å². The Morgan fingerprint density at radius 2 is 2.26 bits per heavy atom. The van der Waals surface area contributed by atoms with Crippen LogP contribution < -0.4 is 9.80 Å². The van der Waals surface area contributed by atoms with Crippen LogP contribution in [0.25, 0.3) is 4.85 Å². The molecular weight excluding hydrogens is 292 g/mol. The van der Waals surface area contributed by atoms with Crippen LogP contribution in [0.2, 0.25) is 0 Å². The fourth-order valence-electron chi connectivity index (χ4n) is 3.42. The molecule has 0 aliphatic carbocycles. The Morgan fingerprint density at radius 1 is 1.48 bits per heavy atom. The molecule has 1 N–H and O–H groups in total. The van der Waals surface area contributed by atoms with Gasteiger partial charge in [-0.1, -0.05) is 0 Å². The van der Waals surface area contributed by atoms with Crippen LogP contribution in [0.5, 0.6) is 0 Å². The molecule has 0 amide bonds. The van der Waals surface area contributed by atoms with Gasteiger partial charge in [0.2, 0.25) is 5.69 Å². The highest BCUT2D eigenvalue weighted by molar-refractivity contribution is 5.74. The van der Waals surface area contributed by atoms with E-state index in [1.807, 2.05) is 13.0 Å². The third-order valence-electron chi connectivity index (χ3n) is 4.93. The average molecular weight is 314 g/mol. The highest BCUT2D eigenvalue weighted by Crippen LogP contribution is 2.38. The Morgan fingerprint density at radius 3 is 2.83 bits per heavy atom. The van der Waals surface area contributed by atoms with Crippen molar-refractivity contribution in [1.82, 2.24) is 4.98 Å². The second kappa shape index (κ2) is 6.07. The van der Waals surface area contributed by atoms with Crippen molar-refractivity contribution in [3.63, 3.8) is 0 Å². The van der Waals surface area contributed by atoms with Crippen molar-refractivity contribution >= 4 is 23.3 Å². The molecular formula is C17H22N4O2. The van der Waals surface area contributed by atoms with Crippen LogP contribution in [0.1, 0.15) is 31.7 Å². The normalized spacial score (nSPS) is 23.5. The number of nitrogens with zero attached hydrogens (tertiary/aromatic N) is 4. The molecule has 0 radical (unpaired) electrons. The minimum atomic E-state index is -0.737. The summed E-state index contributed by atoms with van der Waals surface area (Å²) < 4.78 is 0. The largest absolute Gasteiger partial charge is 0.481 e. The van der Waals surface area contributed by atoms with E-state index in [1.54, 1.807) is 0 Å². The first-order chi connectivity index (χ1) is 11.0. The Kier molecular flexibility index (Phi) is 4.12. The maximum Gasteiger partial charge on any atom is 0.303 e. The van der Waals surface area contributed by atoms with Crippen LogP contribution in [0.3, 0.4) is 0 Å². The molecule has 2 aliphatic rings. The first-order valence-corrected chi connectivity index (χ1v) is 8.12. The summed E-state index contributed by atoms with van der Waals surface area (Å²) in [6, 6.07) is 2.39. The Labute approximate surface area is 136 Å². The van der Waals surface area contributed by atoms with Gasteiger partial charge in [-0.2, -0.15) is 0 Å². The van der Waals surface area contributed by atoms with Crippen molar-refractivity contribution in [2.45, 2.75) is 39.2 Å². The molecule has 3 rings (SSSR count). The lowest BCUT2D eigenvalue weighted by Gasteiger charge is -2.41. The SMILES string of the molecule is [C-]#[N+]c1c(C)cc(N2CC[C@H](CC(=O)O)C2)nc1N1CC[C@H]1C. The molecule has 0 aromatic carbocycles. The van der Waals surface area contributed by atoms with E-state index in [9.17, 15) is 4.79 Å². The second-order valence-corrected chi connectivity index (χ2v) is 6.61. The van der Waals surface area contributed by atoms with Crippen LogP contribution in [-0.4, -0.2) is 41.7 Å². The summed E-state index contributed by atoms with van der Waals surface area (Å²) in [5.74, 6) is 1.10. The number of aliphatic carboxylic acids is 1. The summed E-state index contributed by atoms with van der Waals surface area (Å²) in [5.41, 5.74) is 1.59. The van der Waals surface area contributed by atoms with Gasteiger partial charge in [0.1, 0.15) is 11.6 Å². The summed E-state index contributed by atoms with van der Waals surface area (Å²) >= 11 is 0. The number of hydrogen-bond donors (Lipinski definition) is 1. The van der Waals surface area contributed by atoms with Crippen LogP contribution >= 0.6 is 0 Å². The average Bonchev–Trinajstić information content (AvgIpc) is 2.93. The summed E-state index contributed by atoms with van der Waals surface area (Å²) in [5, 5.41) is 8.95. The number of carbonyl (C=O) groups is 1. The molecule has 2 aliphatic heterocycles. The van der Waals surface area contributed by atoms with E-state index < -0.39 is 5.97 Å². The van der Waals surface area contributed by atoms with Crippen molar-refractivity contribution in [3.05, 3.63) is 23.0 Å². The molecule has 6 heteroatoms. The van der Waals surface area contributed by atoms with E-state index >= 15 is 0 Å². The van der Waals surface area contributed by atoms with Gasteiger partial charge in [0.05, 0.1) is 6.57 Å². The topological polar surface area (TPSA) is 61.0 Å². The third-order valence-corrected chi connectivity index (χ3v) is 4.93. The van der Waals surface area contributed by atoms with Gasteiger partial charge in [0.25, 0.3) is 0 Å². The zero-order valence-electron chi connectivity index (χ0n) is 13.6. The molecule has 1 aromatic rings. The van der Waals surface area contributed by atoms with Gasteiger partial charge in [-0.15, -0.1) is 0 Å². The number of hydrogen-bond acceptors (Lipinski definition) is 4. The predicted octanol–water partition coefficient (Wildman–Crippen LogP) is 2.84. The maximum absolute atomic E-state index is 10.9. The third kappa shape index (κ3) is 2.96. The summed E-state index contributed by atoms with van der Waals surface area (Å²) in [7, 11) is 0. The molecule has 23 heavy (non-hydrogen) atoms. The van der Waals surface area contributed by atoms with E-state index in [0.717, 1.165) is 49.7 Å². The number of anilines is 2. The molecule has 0 saturated carbocycles. The number of aryl methyl sites for hydroxylation is 1. The lowest BCUT2D eigenvalue weighted by Crippen LogP contribution is -2.46. The van der Waals surface area contributed by atoms with Crippen LogP contribution in [0, 0.1) is 19.4 Å². The molecule has 6 nitrogen and oxygen atoms in total. The van der Waals surface area contributed by atoms with Gasteiger partial charge < -0.3 is 14.9 Å². The fourth-order valence-corrected chi connectivity index (χ4v) is 3.42. The van der Waals surface area contributed by atoms with Crippen LogP contribution in [0.4, 0.5) is 17.3 Å². The number of carboxylic acids is 1. The lowest BCUT2D eigenvalue weighted by atomic mass is 10.0. The first-order valence-electron chi connectivity index (χ1n) is 8.12. The first kappa shape index (κ1) is 15.6. The van der Waals surface area contributed by atoms with Gasteiger partial charge in [0, 0.05) is 32.1 Å². The van der Waals surface area contributed by atoms with Gasteiger partial charge in [-0.3, -0.25) is 4.79 Å². The Bertz CT molecular complexity index is 667. The smallest absolute Gasteiger partial charge is 0.303 e. The monoisotopic (exact) mass is 314 g/mol. The van der Waals surface area contributed by atoms with Gasteiger partial charge in [-0.25, -0.2) is 9.83 Å². The van der Waals surface area contributed by atoms with E-state index in [2.05, 4.69) is 21.6 Å². The zero-order valence-corrected chi connectivity index (χ0v) is 13.6. The van der Waals surface area contributed by atoms with Gasteiger partial charge >= 0.3 is 5.97 Å². The fraction of sp³-hybridized carbons (Fsp3) is 0.588. The van der Waals surface area contributed by atoms with Gasteiger partial charge in [0.15, 0.2) is 0 Å². The zero-order chi connectivity index (χ0) is 16.6. The van der Waals surface area contributed by atoms with E-state index in [4.69, 9.17) is 16.7 Å². The summed E-state index contributed by atoms with van der Waals surface area (Å²) in [4.78, 5) is 23.7. The molecule has 0 unspecified atom stereocenters. The maximum atomic E-state index is 10.9. The molecule has 0 bridgehead atoms. The standard InChI is InChI=1S/C17H22N4O2/c1-11-8-14(20-6-5-13(10-20)9-15(22)23)19-17(16(11)18-3)21-7-4-12(21)2/h8,12-13H,4-7,9-10H2,1-2H3,(H,22,23)/t12-,13-/m1/s1. The molecule has 2 saturated heterocycles. The van der Waals surface area contributed by atoms with E-state index in [-0.39, 0.29) is 12.3 Å². The predicted molar refractivity (Wildman–Crippen MR) is 89.2 cm³/mol. The number of aromatic nitrogens is 1. The van der Waals surface area contributed by atoms with Crippen molar-refractivity contribution < 1.29 is 9.90 Å². The Hall–Kier alpha value is -2.29. The molecule has 2 fully saturated rings. The minimum Gasteiger partial charge on any atom is -0.481 e. The second-order valence-electron chi connectivity index (χ2n) is 6.61. The number of pyridine rings is 1. The van der Waals surface area contributed by atoms with Crippen molar-refractivity contribution in [1.29, 1.82) is 0 Å². The van der Waals surface area contributed by atoms with E-state index in [0.29, 0.717) is 11.7 Å². The van der Waals surface area contributed by atoms with Crippen LogP contribution in [0.15, 0.2) is 6.07 Å². The highest BCUT2D eigenvalue weighted by atomic mass is 16.4. The molecule has 2 atom stereocenters. The quantitative estimate of drug-likeness (QED) is 0.866. The Balaban J connectivity index is 1.86. The highest BCUT2D eigenvalue weighted by Gasteiger charge is 2.30. The number of rotatable bonds is 4. The lowest BCUT2D eigenvalue weighted by molar-refractivity contribution is -0.137. The number of carboxylic acid groups (broad SMARTS) is 1. The van der Waals surface area contributed by atoms with Gasteiger partial charge in [-0.05, 0) is 44.2 Å². The molecule has 3 heterocycles. The minimum absolute atomic E-state index is 0.182. The van der Waals surface area contributed by atoms with E-state index in [1.165, 1.54) is 0 Å². The van der Waals surface area contributed by atoms with Crippen molar-refractivity contribution in [2.24, 2.45) is 5.92 Å². The summed E-state index contributed by atoms with van der Waals surface area (Å²) in [6.07, 6.45) is 2.23. The summed E-state index contributed by atoms with van der Waals surface area (Å²) in [6.45, 7) is 14.1. The van der Waals surface area contributed by atoms with Crippen molar-refractivity contribution in [2.75, 3.05) is 29.4 Å². The molecule has 122 valence electrons.